The molecule has 0 aliphatic carbocycles. The third-order valence-corrected chi connectivity index (χ3v) is 5.76. The zero-order chi connectivity index (χ0) is 21.4. The average Bonchev–Trinajstić information content (AvgIpc) is 2.74. The maximum absolute atomic E-state index is 13.2. The molecule has 0 bridgehead atoms. The third kappa shape index (κ3) is 3.62. The van der Waals surface area contributed by atoms with Crippen LogP contribution < -0.4 is 5.56 Å². The zero-order valence-electron chi connectivity index (χ0n) is 15.6. The second-order valence-corrected chi connectivity index (χ2v) is 8.33. The van der Waals surface area contributed by atoms with Gasteiger partial charge in [0.15, 0.2) is 0 Å². The number of aromatic nitrogens is 2. The molecule has 8 heteroatoms. The Labute approximate surface area is 190 Å². The average molecular weight is 503 g/mol. The Hall–Kier alpha value is -2.67. The van der Waals surface area contributed by atoms with Gasteiger partial charge < -0.3 is 5.21 Å². The van der Waals surface area contributed by atoms with Crippen LogP contribution >= 0.6 is 39.1 Å². The van der Waals surface area contributed by atoms with Crippen molar-refractivity contribution in [1.29, 1.82) is 0 Å². The van der Waals surface area contributed by atoms with Crippen LogP contribution in [0.15, 0.2) is 75.1 Å². The highest BCUT2D eigenvalue weighted by Crippen LogP contribution is 2.32. The van der Waals surface area contributed by atoms with E-state index >= 15 is 0 Å². The quantitative estimate of drug-likeness (QED) is 0.202. The predicted molar refractivity (Wildman–Crippen MR) is 124 cm³/mol. The van der Waals surface area contributed by atoms with Gasteiger partial charge >= 0.3 is 0 Å². The summed E-state index contributed by atoms with van der Waals surface area (Å²) in [4.78, 5) is 13.2. The fraction of sp³-hybridized carbons (Fsp3) is 0.0455. The monoisotopic (exact) mass is 501 g/mol. The summed E-state index contributed by atoms with van der Waals surface area (Å²) in [6, 6.07) is 17.8. The van der Waals surface area contributed by atoms with Crippen LogP contribution in [0.25, 0.3) is 27.7 Å². The molecule has 4 rings (SSSR count). The zero-order valence-corrected chi connectivity index (χ0v) is 18.7. The number of rotatable bonds is 3. The maximum atomic E-state index is 13.2. The summed E-state index contributed by atoms with van der Waals surface area (Å²) in [5.74, 6) is 0. The summed E-state index contributed by atoms with van der Waals surface area (Å²) in [7, 11) is 0. The SMILES string of the molecule is CC(=NO)c1cc(Br)cc(-c2nn(-c3c(Cl)cccc3Cl)c(=O)c3ccccc23)c1. The van der Waals surface area contributed by atoms with E-state index in [9.17, 15) is 10.0 Å². The summed E-state index contributed by atoms with van der Waals surface area (Å²) in [5.41, 5.74) is 2.45. The van der Waals surface area contributed by atoms with Gasteiger partial charge in [-0.1, -0.05) is 68.6 Å². The second-order valence-electron chi connectivity index (χ2n) is 6.60. The lowest BCUT2D eigenvalue weighted by molar-refractivity contribution is 0.319. The van der Waals surface area contributed by atoms with Crippen LogP contribution in [-0.4, -0.2) is 20.7 Å². The molecule has 30 heavy (non-hydrogen) atoms. The minimum Gasteiger partial charge on any atom is -0.411 e. The Bertz CT molecular complexity index is 1360. The largest absolute Gasteiger partial charge is 0.411 e. The molecule has 1 heterocycles. The molecule has 4 aromatic rings. The minimum absolute atomic E-state index is 0.316. The van der Waals surface area contributed by atoms with Crippen molar-refractivity contribution in [2.75, 3.05) is 0 Å². The van der Waals surface area contributed by atoms with Gasteiger partial charge in [0.25, 0.3) is 5.56 Å². The van der Waals surface area contributed by atoms with Crippen LogP contribution in [0.4, 0.5) is 0 Å². The Kier molecular flexibility index (Phi) is 5.64. The molecule has 0 aliphatic rings. The molecule has 0 aliphatic heterocycles. The Morgan fingerprint density at radius 2 is 1.70 bits per heavy atom. The van der Waals surface area contributed by atoms with Gasteiger partial charge in [-0.25, -0.2) is 0 Å². The number of nitrogens with zero attached hydrogens (tertiary/aromatic N) is 3. The third-order valence-electron chi connectivity index (χ3n) is 4.69. The van der Waals surface area contributed by atoms with E-state index in [0.29, 0.717) is 43.5 Å². The van der Waals surface area contributed by atoms with E-state index < -0.39 is 0 Å². The van der Waals surface area contributed by atoms with Crippen LogP contribution in [0.2, 0.25) is 10.0 Å². The molecule has 0 unspecified atom stereocenters. The van der Waals surface area contributed by atoms with Crippen LogP contribution in [0.3, 0.4) is 0 Å². The lowest BCUT2D eigenvalue weighted by Gasteiger charge is -2.14. The fourth-order valence-corrected chi connectivity index (χ4v) is 4.29. The van der Waals surface area contributed by atoms with Gasteiger partial charge in [0.2, 0.25) is 0 Å². The molecular formula is C22H14BrCl2N3O2. The maximum Gasteiger partial charge on any atom is 0.279 e. The van der Waals surface area contributed by atoms with Gasteiger partial charge in [0.05, 0.1) is 26.8 Å². The van der Waals surface area contributed by atoms with Crippen LogP contribution in [-0.2, 0) is 0 Å². The summed E-state index contributed by atoms with van der Waals surface area (Å²) in [5, 5.41) is 18.9. The summed E-state index contributed by atoms with van der Waals surface area (Å²) in [6.45, 7) is 1.70. The summed E-state index contributed by atoms with van der Waals surface area (Å²) >= 11 is 16.2. The fourth-order valence-electron chi connectivity index (χ4n) is 3.24. The molecule has 150 valence electrons. The Morgan fingerprint density at radius 3 is 2.37 bits per heavy atom. The molecule has 3 aromatic carbocycles. The molecule has 0 atom stereocenters. The number of fused-ring (bicyclic) bond motifs is 1. The first kappa shape index (κ1) is 20.6. The normalized spacial score (nSPS) is 11.8. The smallest absolute Gasteiger partial charge is 0.279 e. The van der Waals surface area contributed by atoms with E-state index in [4.69, 9.17) is 23.2 Å². The van der Waals surface area contributed by atoms with Gasteiger partial charge in [0, 0.05) is 21.0 Å². The number of benzene rings is 3. The molecule has 0 amide bonds. The molecule has 0 fully saturated rings. The van der Waals surface area contributed by atoms with E-state index in [2.05, 4.69) is 26.2 Å². The van der Waals surface area contributed by atoms with Crippen molar-refractivity contribution in [2.45, 2.75) is 6.92 Å². The van der Waals surface area contributed by atoms with E-state index in [0.717, 1.165) is 10.0 Å². The van der Waals surface area contributed by atoms with E-state index in [-0.39, 0.29) is 5.56 Å². The van der Waals surface area contributed by atoms with E-state index in [1.165, 1.54) is 4.68 Å². The van der Waals surface area contributed by atoms with Crippen LogP contribution in [0.1, 0.15) is 12.5 Å². The molecule has 0 saturated carbocycles. The lowest BCUT2D eigenvalue weighted by atomic mass is 10.0. The molecule has 5 nitrogen and oxygen atoms in total. The minimum atomic E-state index is -0.326. The summed E-state index contributed by atoms with van der Waals surface area (Å²) < 4.78 is 2.01. The van der Waals surface area contributed by atoms with Crippen molar-refractivity contribution in [2.24, 2.45) is 5.16 Å². The molecule has 1 N–H and O–H groups in total. The Balaban J connectivity index is 2.11. The van der Waals surface area contributed by atoms with Crippen molar-refractivity contribution < 1.29 is 5.21 Å². The Morgan fingerprint density at radius 1 is 1.03 bits per heavy atom. The van der Waals surface area contributed by atoms with Crippen molar-refractivity contribution in [3.63, 3.8) is 0 Å². The first-order valence-corrected chi connectivity index (χ1v) is 10.4. The second kappa shape index (κ2) is 8.22. The molecule has 1 aromatic heterocycles. The van der Waals surface area contributed by atoms with Crippen LogP contribution in [0, 0.1) is 0 Å². The molecular weight excluding hydrogens is 489 g/mol. The number of hydrogen-bond donors (Lipinski definition) is 1. The van der Waals surface area contributed by atoms with Gasteiger partial charge in [-0.05, 0) is 43.3 Å². The first-order valence-electron chi connectivity index (χ1n) is 8.87. The number of hydrogen-bond acceptors (Lipinski definition) is 4. The van der Waals surface area contributed by atoms with Gasteiger partial charge in [-0.3, -0.25) is 4.79 Å². The molecule has 0 radical (unpaired) electrons. The molecule has 0 spiro atoms. The van der Waals surface area contributed by atoms with Crippen LogP contribution in [0.5, 0.6) is 0 Å². The van der Waals surface area contributed by atoms with Crippen molar-refractivity contribution in [1.82, 2.24) is 9.78 Å². The molecule has 0 saturated heterocycles. The highest BCUT2D eigenvalue weighted by molar-refractivity contribution is 9.10. The van der Waals surface area contributed by atoms with Crippen molar-refractivity contribution >= 4 is 55.6 Å². The number of halogens is 3. The number of oxime groups is 1. The lowest BCUT2D eigenvalue weighted by Crippen LogP contribution is -2.23. The highest BCUT2D eigenvalue weighted by atomic mass is 79.9. The predicted octanol–water partition coefficient (Wildman–Crippen LogP) is 6.32. The summed E-state index contributed by atoms with van der Waals surface area (Å²) in [6.07, 6.45) is 0. The van der Waals surface area contributed by atoms with E-state index in [1.54, 1.807) is 37.3 Å². The highest BCUT2D eigenvalue weighted by Gasteiger charge is 2.18. The topological polar surface area (TPSA) is 67.5 Å². The van der Waals surface area contributed by atoms with Crippen molar-refractivity contribution in [3.05, 3.63) is 91.1 Å². The van der Waals surface area contributed by atoms with Gasteiger partial charge in [-0.15, -0.1) is 0 Å². The van der Waals surface area contributed by atoms with Gasteiger partial charge in [0.1, 0.15) is 5.69 Å². The number of para-hydroxylation sites is 1. The standard InChI is InChI=1S/C22H14BrCl2N3O2/c1-12(27-30)13-9-14(11-15(23)10-13)20-16-5-2-3-6-17(16)22(29)28(26-20)21-18(24)7-4-8-19(21)25/h2-11,30H,1H3. The van der Waals surface area contributed by atoms with E-state index in [1.807, 2.05) is 30.3 Å². The first-order chi connectivity index (χ1) is 14.4. The van der Waals surface area contributed by atoms with Crippen molar-refractivity contribution in [3.8, 4) is 16.9 Å². The van der Waals surface area contributed by atoms with Gasteiger partial charge in [-0.2, -0.15) is 9.78 Å².